The summed E-state index contributed by atoms with van der Waals surface area (Å²) in [5.41, 5.74) is -0.0109. The van der Waals surface area contributed by atoms with Crippen LogP contribution in [-0.4, -0.2) is 49.3 Å². The zero-order chi connectivity index (χ0) is 16.2. The quantitative estimate of drug-likeness (QED) is 0.639. The predicted octanol–water partition coefficient (Wildman–Crippen LogP) is 0.660. The number of halogens is 1. The first-order valence-electron chi connectivity index (χ1n) is 7.82. The van der Waals surface area contributed by atoms with E-state index in [2.05, 4.69) is 20.9 Å². The monoisotopic (exact) mass is 324 g/mol. The molecule has 0 saturated carbocycles. The molecule has 0 aromatic carbocycles. The maximum absolute atomic E-state index is 14.0. The van der Waals surface area contributed by atoms with Gasteiger partial charge in [-0.3, -0.25) is 4.79 Å². The summed E-state index contributed by atoms with van der Waals surface area (Å²) in [6.07, 6.45) is 2.06. The lowest BCUT2D eigenvalue weighted by Gasteiger charge is -2.29. The molecule has 2 aliphatic rings. The SMILES string of the molecule is CC(=O)Nc1cc(OC[C@H]2CCN2)c(OC[C@H]2CCN2)nc1F. The van der Waals surface area contributed by atoms with Crippen molar-refractivity contribution in [3.8, 4) is 11.6 Å². The maximum Gasteiger partial charge on any atom is 0.259 e. The second-order valence-corrected chi connectivity index (χ2v) is 5.81. The van der Waals surface area contributed by atoms with Gasteiger partial charge in [-0.25, -0.2) is 0 Å². The van der Waals surface area contributed by atoms with Crippen LogP contribution in [0.4, 0.5) is 10.1 Å². The molecular formula is C15H21FN4O3. The lowest BCUT2D eigenvalue weighted by molar-refractivity contribution is -0.114. The van der Waals surface area contributed by atoms with Gasteiger partial charge in [-0.1, -0.05) is 0 Å². The van der Waals surface area contributed by atoms with Gasteiger partial charge in [-0.15, -0.1) is 0 Å². The molecule has 3 heterocycles. The Kier molecular flexibility index (Phi) is 4.92. The van der Waals surface area contributed by atoms with Crippen molar-refractivity contribution in [1.29, 1.82) is 0 Å². The number of hydrogen-bond donors (Lipinski definition) is 3. The molecule has 2 aliphatic heterocycles. The predicted molar refractivity (Wildman–Crippen MR) is 82.3 cm³/mol. The summed E-state index contributed by atoms with van der Waals surface area (Å²) >= 11 is 0. The number of rotatable bonds is 7. The first kappa shape index (κ1) is 15.9. The van der Waals surface area contributed by atoms with Crippen molar-refractivity contribution in [2.24, 2.45) is 0 Å². The Balaban J connectivity index is 1.72. The van der Waals surface area contributed by atoms with Crippen molar-refractivity contribution in [3.63, 3.8) is 0 Å². The molecule has 3 N–H and O–H groups in total. The van der Waals surface area contributed by atoms with E-state index in [9.17, 15) is 9.18 Å². The summed E-state index contributed by atoms with van der Waals surface area (Å²) in [5.74, 6) is -0.705. The summed E-state index contributed by atoms with van der Waals surface area (Å²) in [6, 6.07) is 1.97. The first-order chi connectivity index (χ1) is 11.1. The molecule has 7 nitrogen and oxygen atoms in total. The van der Waals surface area contributed by atoms with Crippen molar-refractivity contribution in [2.75, 3.05) is 31.6 Å². The number of pyridine rings is 1. The van der Waals surface area contributed by atoms with Gasteiger partial charge in [0.05, 0.1) is 0 Å². The number of aromatic nitrogens is 1. The van der Waals surface area contributed by atoms with E-state index >= 15 is 0 Å². The van der Waals surface area contributed by atoms with E-state index in [0.29, 0.717) is 19.0 Å². The Morgan fingerprint density at radius 3 is 2.43 bits per heavy atom. The fourth-order valence-electron chi connectivity index (χ4n) is 2.29. The fourth-order valence-corrected chi connectivity index (χ4v) is 2.29. The van der Waals surface area contributed by atoms with E-state index in [1.54, 1.807) is 0 Å². The summed E-state index contributed by atoms with van der Waals surface area (Å²) in [4.78, 5) is 15.0. The molecule has 1 amide bonds. The van der Waals surface area contributed by atoms with E-state index in [1.807, 2.05) is 0 Å². The highest BCUT2D eigenvalue weighted by molar-refractivity contribution is 5.88. The van der Waals surface area contributed by atoms with Crippen LogP contribution in [0, 0.1) is 5.95 Å². The van der Waals surface area contributed by atoms with Crippen molar-refractivity contribution in [1.82, 2.24) is 15.6 Å². The van der Waals surface area contributed by atoms with Gasteiger partial charge in [-0.2, -0.15) is 9.37 Å². The Bertz CT molecular complexity index is 576. The zero-order valence-electron chi connectivity index (χ0n) is 13.0. The second-order valence-electron chi connectivity index (χ2n) is 5.81. The van der Waals surface area contributed by atoms with Crippen LogP contribution in [0.3, 0.4) is 0 Å². The number of carbonyl (C=O) groups is 1. The van der Waals surface area contributed by atoms with Crippen LogP contribution in [0.2, 0.25) is 0 Å². The highest BCUT2D eigenvalue weighted by Crippen LogP contribution is 2.30. The molecular weight excluding hydrogens is 303 g/mol. The summed E-state index contributed by atoms with van der Waals surface area (Å²) < 4.78 is 25.3. The van der Waals surface area contributed by atoms with Crippen LogP contribution < -0.4 is 25.4 Å². The first-order valence-corrected chi connectivity index (χ1v) is 7.82. The van der Waals surface area contributed by atoms with E-state index in [4.69, 9.17) is 9.47 Å². The molecule has 3 rings (SSSR count). The molecule has 8 heteroatoms. The van der Waals surface area contributed by atoms with E-state index in [-0.39, 0.29) is 29.6 Å². The summed E-state index contributed by atoms with van der Waals surface area (Å²) in [6.45, 7) is 4.11. The van der Waals surface area contributed by atoms with Gasteiger partial charge in [0.15, 0.2) is 5.75 Å². The third-order valence-corrected chi connectivity index (χ3v) is 3.93. The van der Waals surface area contributed by atoms with E-state index < -0.39 is 5.95 Å². The molecule has 1 aromatic heterocycles. The van der Waals surface area contributed by atoms with Crippen LogP contribution >= 0.6 is 0 Å². The summed E-state index contributed by atoms with van der Waals surface area (Å²) in [5, 5.41) is 8.83. The van der Waals surface area contributed by atoms with Crippen molar-refractivity contribution < 1.29 is 18.7 Å². The van der Waals surface area contributed by atoms with Gasteiger partial charge in [-0.05, 0) is 25.9 Å². The smallest absolute Gasteiger partial charge is 0.259 e. The molecule has 2 atom stereocenters. The van der Waals surface area contributed by atoms with E-state index in [1.165, 1.54) is 13.0 Å². The number of anilines is 1. The third-order valence-electron chi connectivity index (χ3n) is 3.93. The minimum atomic E-state index is -0.786. The average molecular weight is 324 g/mol. The molecule has 0 aliphatic carbocycles. The van der Waals surface area contributed by atoms with Gasteiger partial charge < -0.3 is 25.4 Å². The minimum absolute atomic E-state index is 0.0109. The third kappa shape index (κ3) is 4.08. The lowest BCUT2D eigenvalue weighted by Crippen LogP contribution is -2.47. The van der Waals surface area contributed by atoms with Gasteiger partial charge in [0, 0.05) is 25.1 Å². The molecule has 2 fully saturated rings. The van der Waals surface area contributed by atoms with Gasteiger partial charge >= 0.3 is 0 Å². The number of carbonyl (C=O) groups excluding carboxylic acids is 1. The second kappa shape index (κ2) is 7.10. The van der Waals surface area contributed by atoms with Crippen molar-refractivity contribution in [2.45, 2.75) is 31.8 Å². The van der Waals surface area contributed by atoms with E-state index in [0.717, 1.165) is 25.9 Å². The Morgan fingerprint density at radius 1 is 1.30 bits per heavy atom. The highest BCUT2D eigenvalue weighted by atomic mass is 19.1. The molecule has 126 valence electrons. The lowest BCUT2D eigenvalue weighted by atomic mass is 10.1. The number of nitrogens with zero attached hydrogens (tertiary/aromatic N) is 1. The molecule has 0 unspecified atom stereocenters. The van der Waals surface area contributed by atoms with Crippen LogP contribution in [0.5, 0.6) is 11.6 Å². The standard InChI is InChI=1S/C15H21FN4O3/c1-9(21)19-12-6-13(22-7-10-2-4-17-10)15(20-14(12)16)23-8-11-3-5-18-11/h6,10-11,17-18H,2-5,7-8H2,1H3,(H,19,21)/t10-,11-/m1/s1. The normalized spacial score (nSPS) is 22.7. The Morgan fingerprint density at radius 2 is 1.91 bits per heavy atom. The van der Waals surface area contributed by atoms with Crippen LogP contribution in [0.1, 0.15) is 19.8 Å². The number of hydrogen-bond acceptors (Lipinski definition) is 6. The number of ether oxygens (including phenoxy) is 2. The molecule has 0 bridgehead atoms. The fraction of sp³-hybridized carbons (Fsp3) is 0.600. The number of amides is 1. The zero-order valence-corrected chi connectivity index (χ0v) is 13.0. The Labute approximate surface area is 133 Å². The van der Waals surface area contributed by atoms with Crippen molar-refractivity contribution >= 4 is 11.6 Å². The van der Waals surface area contributed by atoms with Gasteiger partial charge in [0.25, 0.3) is 5.88 Å². The van der Waals surface area contributed by atoms with Crippen LogP contribution in [0.25, 0.3) is 0 Å². The average Bonchev–Trinajstić information content (AvgIpc) is 2.39. The maximum atomic E-state index is 14.0. The highest BCUT2D eigenvalue weighted by Gasteiger charge is 2.22. The topological polar surface area (TPSA) is 84.5 Å². The molecule has 0 radical (unpaired) electrons. The summed E-state index contributed by atoms with van der Waals surface area (Å²) in [7, 11) is 0. The minimum Gasteiger partial charge on any atom is -0.486 e. The molecule has 2 saturated heterocycles. The van der Waals surface area contributed by atoms with Crippen LogP contribution in [0.15, 0.2) is 6.07 Å². The molecule has 0 spiro atoms. The molecule has 23 heavy (non-hydrogen) atoms. The molecule has 1 aromatic rings. The van der Waals surface area contributed by atoms with Crippen LogP contribution in [-0.2, 0) is 4.79 Å². The largest absolute Gasteiger partial charge is 0.486 e. The van der Waals surface area contributed by atoms with Gasteiger partial charge in [0.2, 0.25) is 11.9 Å². The van der Waals surface area contributed by atoms with Crippen molar-refractivity contribution in [3.05, 3.63) is 12.0 Å². The Hall–Kier alpha value is -1.93. The number of nitrogens with one attached hydrogen (secondary N) is 3. The van der Waals surface area contributed by atoms with Gasteiger partial charge in [0.1, 0.15) is 18.9 Å².